The maximum atomic E-state index is 12.5. The van der Waals surface area contributed by atoms with Crippen LogP contribution in [0, 0.1) is 5.92 Å². The molecule has 3 N–H and O–H groups in total. The normalized spacial score (nSPS) is 23.7. The number of cyclic esters (lactones) is 1. The number of anilines is 2. The number of fused-ring (bicyclic) bond motifs is 2. The minimum atomic E-state index is -0.662. The van der Waals surface area contributed by atoms with E-state index >= 15 is 0 Å². The first kappa shape index (κ1) is 26.4. The van der Waals surface area contributed by atoms with Crippen molar-refractivity contribution in [1.82, 2.24) is 19.9 Å². The molecule has 0 radical (unpaired) electrons. The molecule has 0 spiro atoms. The van der Waals surface area contributed by atoms with E-state index in [1.807, 2.05) is 52.5 Å². The number of carbonyl (C=O) groups excluding carboxylic acids is 2. The molecule has 10 heteroatoms. The Labute approximate surface area is 233 Å². The summed E-state index contributed by atoms with van der Waals surface area (Å²) in [5.41, 5.74) is 7.24. The third-order valence-corrected chi connectivity index (χ3v) is 8.52. The van der Waals surface area contributed by atoms with Gasteiger partial charge in [0.05, 0.1) is 29.2 Å². The molecule has 0 bridgehead atoms. The average Bonchev–Trinajstić information content (AvgIpc) is 3.73. The van der Waals surface area contributed by atoms with Crippen LogP contribution >= 0.6 is 0 Å². The van der Waals surface area contributed by atoms with Gasteiger partial charge in [0.25, 0.3) is 0 Å². The molecule has 2 fully saturated rings. The number of nitrogens with zero attached hydrogens (tertiary/aromatic N) is 4. The quantitative estimate of drug-likeness (QED) is 0.433. The van der Waals surface area contributed by atoms with Crippen molar-refractivity contribution in [2.24, 2.45) is 11.7 Å². The van der Waals surface area contributed by atoms with E-state index < -0.39 is 11.1 Å². The van der Waals surface area contributed by atoms with Crippen molar-refractivity contribution < 1.29 is 19.1 Å². The fourth-order valence-corrected chi connectivity index (χ4v) is 5.39. The predicted octanol–water partition coefficient (Wildman–Crippen LogP) is 4.40. The maximum Gasteiger partial charge on any atom is 0.340 e. The number of esters is 1. The molecule has 1 saturated carbocycles. The zero-order valence-corrected chi connectivity index (χ0v) is 23.8. The highest BCUT2D eigenvalue weighted by Crippen LogP contribution is 2.39. The molecule has 1 aliphatic carbocycles. The van der Waals surface area contributed by atoms with E-state index in [-0.39, 0.29) is 35.9 Å². The number of amides is 1. The minimum absolute atomic E-state index is 0.00999. The lowest BCUT2D eigenvalue weighted by Crippen LogP contribution is -2.63. The van der Waals surface area contributed by atoms with E-state index in [0.29, 0.717) is 35.3 Å². The second-order valence-electron chi connectivity index (χ2n) is 12.4. The molecule has 40 heavy (non-hydrogen) atoms. The summed E-state index contributed by atoms with van der Waals surface area (Å²) in [5, 5.41) is 4.90. The molecule has 3 aromatic heterocycles. The Bertz CT molecular complexity index is 1530. The summed E-state index contributed by atoms with van der Waals surface area (Å²) in [4.78, 5) is 40.9. The summed E-state index contributed by atoms with van der Waals surface area (Å²) in [6, 6.07) is 5.40. The first-order valence-electron chi connectivity index (χ1n) is 13.9. The fraction of sp³-hybridized carbons (Fsp3) is 0.500. The molecule has 10 nitrogen and oxygen atoms in total. The molecule has 0 aromatic carbocycles. The molecule has 5 heterocycles. The van der Waals surface area contributed by atoms with Gasteiger partial charge in [0.1, 0.15) is 23.3 Å². The highest BCUT2D eigenvalue weighted by atomic mass is 16.6. The number of nitrogens with two attached hydrogens (primary N) is 1. The fourth-order valence-electron chi connectivity index (χ4n) is 5.39. The van der Waals surface area contributed by atoms with E-state index in [4.69, 9.17) is 20.2 Å². The Balaban J connectivity index is 1.30. The van der Waals surface area contributed by atoms with Crippen molar-refractivity contribution in [2.45, 2.75) is 83.6 Å². The Kier molecular flexibility index (Phi) is 6.03. The summed E-state index contributed by atoms with van der Waals surface area (Å²) in [6.07, 6.45) is 5.33. The molecular weight excluding hydrogens is 508 g/mol. The third-order valence-electron chi connectivity index (χ3n) is 8.52. The van der Waals surface area contributed by atoms with Crippen molar-refractivity contribution in [3.05, 3.63) is 47.4 Å². The Morgan fingerprint density at radius 1 is 1.15 bits per heavy atom. The summed E-state index contributed by atoms with van der Waals surface area (Å²) in [6.45, 7) is 12.2. The van der Waals surface area contributed by atoms with Gasteiger partial charge in [0.15, 0.2) is 0 Å². The van der Waals surface area contributed by atoms with Gasteiger partial charge in [-0.25, -0.2) is 19.7 Å². The predicted molar refractivity (Wildman–Crippen MR) is 150 cm³/mol. The van der Waals surface area contributed by atoms with Gasteiger partial charge >= 0.3 is 5.97 Å². The molecule has 3 atom stereocenters. The number of hydrogen-bond donors (Lipinski definition) is 2. The van der Waals surface area contributed by atoms with Crippen LogP contribution in [0.4, 0.5) is 11.6 Å². The molecule has 1 amide bonds. The highest BCUT2D eigenvalue weighted by molar-refractivity contribution is 5.93. The van der Waals surface area contributed by atoms with Crippen LogP contribution in [0.5, 0.6) is 5.88 Å². The van der Waals surface area contributed by atoms with Crippen LogP contribution in [-0.2, 0) is 15.1 Å². The first-order chi connectivity index (χ1) is 18.8. The van der Waals surface area contributed by atoms with E-state index in [9.17, 15) is 9.59 Å². The zero-order chi connectivity index (χ0) is 28.6. The number of rotatable bonds is 6. The summed E-state index contributed by atoms with van der Waals surface area (Å²) >= 11 is 0. The molecule has 3 aromatic rings. The van der Waals surface area contributed by atoms with E-state index in [1.54, 1.807) is 24.5 Å². The lowest BCUT2D eigenvalue weighted by molar-refractivity contribution is -0.148. The number of nitrogens with one attached hydrogen (secondary N) is 1. The molecule has 0 unspecified atom stereocenters. The van der Waals surface area contributed by atoms with Crippen LogP contribution < -0.4 is 15.8 Å². The zero-order valence-electron chi connectivity index (χ0n) is 23.8. The van der Waals surface area contributed by atoms with Crippen molar-refractivity contribution in [1.29, 1.82) is 0 Å². The molecule has 2 aliphatic heterocycles. The largest absolute Gasteiger partial charge is 0.470 e. The standard InChI is InChI=1S/C30H36N6O4/c1-15-25-18(28(38)40-30(15,5)6)9-10-23(35-25)34-24-11-19-20(12-32-24)26(33-13-21(19)29(3,4)31)39-22-14-36(16(22)2)27(37)17-7-8-17/h9-13,15-17,22H,7-8,14,31H2,1-6H3,(H,32,34,35)/t15-,16+,22-/m1/s1. The lowest BCUT2D eigenvalue weighted by Gasteiger charge is -2.45. The van der Waals surface area contributed by atoms with Gasteiger partial charge in [-0.15, -0.1) is 0 Å². The van der Waals surface area contributed by atoms with E-state index in [0.717, 1.165) is 29.2 Å². The molecule has 210 valence electrons. The van der Waals surface area contributed by atoms with Gasteiger partial charge in [0, 0.05) is 29.8 Å². The maximum absolute atomic E-state index is 12.5. The number of carbonyl (C=O) groups is 2. The number of hydrogen-bond acceptors (Lipinski definition) is 9. The van der Waals surface area contributed by atoms with Gasteiger partial charge in [-0.1, -0.05) is 6.92 Å². The van der Waals surface area contributed by atoms with Gasteiger partial charge in [-0.05, 0) is 76.6 Å². The van der Waals surface area contributed by atoms with Crippen molar-refractivity contribution in [3.8, 4) is 5.88 Å². The van der Waals surface area contributed by atoms with E-state index in [1.165, 1.54) is 0 Å². The molecule has 3 aliphatic rings. The second kappa shape index (κ2) is 9.12. The summed E-state index contributed by atoms with van der Waals surface area (Å²) < 4.78 is 11.9. The number of pyridine rings is 3. The van der Waals surface area contributed by atoms with Crippen LogP contribution in [0.15, 0.2) is 30.6 Å². The highest BCUT2D eigenvalue weighted by Gasteiger charge is 2.45. The van der Waals surface area contributed by atoms with Crippen LogP contribution in [0.2, 0.25) is 0 Å². The second-order valence-corrected chi connectivity index (χ2v) is 12.4. The molecule has 1 saturated heterocycles. The minimum Gasteiger partial charge on any atom is -0.470 e. The molecule has 6 rings (SSSR count). The molecular formula is C30H36N6O4. The number of aromatic nitrogens is 3. The number of ether oxygens (including phenoxy) is 2. The van der Waals surface area contributed by atoms with E-state index in [2.05, 4.69) is 15.3 Å². The topological polar surface area (TPSA) is 133 Å². The van der Waals surface area contributed by atoms with Crippen molar-refractivity contribution in [3.63, 3.8) is 0 Å². The summed E-state index contributed by atoms with van der Waals surface area (Å²) in [7, 11) is 0. The Morgan fingerprint density at radius 2 is 1.90 bits per heavy atom. The van der Waals surface area contributed by atoms with Crippen LogP contribution in [0.1, 0.15) is 81.9 Å². The third kappa shape index (κ3) is 4.54. The van der Waals surface area contributed by atoms with Gasteiger partial charge < -0.3 is 25.4 Å². The van der Waals surface area contributed by atoms with Crippen molar-refractivity contribution in [2.75, 3.05) is 11.9 Å². The van der Waals surface area contributed by atoms with Gasteiger partial charge in [-0.3, -0.25) is 4.79 Å². The lowest BCUT2D eigenvalue weighted by atomic mass is 9.84. The van der Waals surface area contributed by atoms with Crippen LogP contribution in [0.3, 0.4) is 0 Å². The number of likely N-dealkylation sites (tertiary alicyclic amines) is 1. The van der Waals surface area contributed by atoms with Crippen molar-refractivity contribution >= 4 is 34.3 Å². The smallest absolute Gasteiger partial charge is 0.340 e. The SMILES string of the molecule is C[C@@H]1c2nc(Nc3cc4c(C(C)(C)N)cnc(O[C@@H]5CN(C(=O)C6CC6)[C@H]5C)c4cn3)ccc2C(=O)OC1(C)C. The average molecular weight is 545 g/mol. The first-order valence-corrected chi connectivity index (χ1v) is 13.9. The Morgan fingerprint density at radius 3 is 2.58 bits per heavy atom. The Hall–Kier alpha value is -3.79. The summed E-state index contributed by atoms with van der Waals surface area (Å²) in [5.74, 6) is 1.60. The van der Waals surface area contributed by atoms with Crippen LogP contribution in [0.25, 0.3) is 10.8 Å². The van der Waals surface area contributed by atoms with Gasteiger partial charge in [-0.2, -0.15) is 0 Å². The van der Waals surface area contributed by atoms with Crippen LogP contribution in [-0.4, -0.2) is 56.0 Å². The monoisotopic (exact) mass is 544 g/mol. The van der Waals surface area contributed by atoms with Gasteiger partial charge in [0.2, 0.25) is 11.8 Å².